The smallest absolute Gasteiger partial charge is 0.311 e. The molecule has 17 heavy (non-hydrogen) atoms. The fourth-order valence-corrected chi connectivity index (χ4v) is 1.04. The topological polar surface area (TPSA) is 50.4 Å². The molecule has 0 heterocycles. The Morgan fingerprint density at radius 1 is 1.00 bits per heavy atom. The number of nitrogens with one attached hydrogen (secondary N) is 1. The van der Waals surface area contributed by atoms with Crippen molar-refractivity contribution in [1.29, 1.82) is 0 Å². The van der Waals surface area contributed by atoms with Crippen molar-refractivity contribution in [3.05, 3.63) is 0 Å². The summed E-state index contributed by atoms with van der Waals surface area (Å²) in [6.07, 6.45) is -11.0. The van der Waals surface area contributed by atoms with Crippen LogP contribution in [0.15, 0.2) is 4.99 Å². The van der Waals surface area contributed by atoms with E-state index in [0.29, 0.717) is 0 Å². The Morgan fingerprint density at radius 3 is 1.53 bits per heavy atom. The molecule has 0 aromatic rings. The van der Waals surface area contributed by atoms with Crippen molar-refractivity contribution < 1.29 is 26.3 Å². The van der Waals surface area contributed by atoms with Gasteiger partial charge in [0.15, 0.2) is 0 Å². The SMILES string of the molecule is CC(C)(C)N=C(NN)C(C(F)(F)F)C(F)(F)F. The Labute approximate surface area is 94.0 Å². The average molecular weight is 265 g/mol. The third kappa shape index (κ3) is 5.24. The van der Waals surface area contributed by atoms with Gasteiger partial charge in [-0.15, -0.1) is 0 Å². The number of amidine groups is 1. The van der Waals surface area contributed by atoms with Gasteiger partial charge in [0.05, 0.1) is 5.54 Å². The minimum absolute atomic E-state index is 1.11. The fourth-order valence-electron chi connectivity index (χ4n) is 1.04. The molecule has 0 radical (unpaired) electrons. The van der Waals surface area contributed by atoms with Crippen LogP contribution in [-0.4, -0.2) is 23.7 Å². The van der Waals surface area contributed by atoms with Crippen LogP contribution in [0.1, 0.15) is 20.8 Å². The predicted octanol–water partition coefficient (Wildman–Crippen LogP) is 2.39. The van der Waals surface area contributed by atoms with Gasteiger partial charge in [-0.3, -0.25) is 4.99 Å². The maximum Gasteiger partial charge on any atom is 0.407 e. The standard InChI is InChI=1S/C8H13F6N3/c1-6(2,3)16-5(17-15)4(7(9,10)11)8(12,13)14/h4H,15H2,1-3H3,(H,16,17). The molecule has 0 rings (SSSR count). The molecule has 0 saturated carbocycles. The van der Waals surface area contributed by atoms with Crippen molar-refractivity contribution in [2.75, 3.05) is 0 Å². The summed E-state index contributed by atoms with van der Waals surface area (Å²) < 4.78 is 74.0. The second-order valence-corrected chi connectivity index (χ2v) is 4.33. The molecular formula is C8H13F6N3. The molecule has 3 nitrogen and oxygen atoms in total. The lowest BCUT2D eigenvalue weighted by Crippen LogP contribution is -2.50. The number of halogens is 6. The van der Waals surface area contributed by atoms with Gasteiger partial charge in [-0.05, 0) is 20.8 Å². The molecular weight excluding hydrogens is 252 g/mol. The van der Waals surface area contributed by atoms with Crippen LogP contribution in [0.5, 0.6) is 0 Å². The number of hydrogen-bond acceptors (Lipinski definition) is 2. The van der Waals surface area contributed by atoms with Gasteiger partial charge in [0.25, 0.3) is 0 Å². The number of alkyl halides is 6. The minimum atomic E-state index is -5.51. The van der Waals surface area contributed by atoms with Gasteiger partial charge < -0.3 is 5.43 Å². The van der Waals surface area contributed by atoms with Crippen LogP contribution in [0.3, 0.4) is 0 Å². The number of rotatable bonds is 1. The molecule has 0 unspecified atom stereocenters. The highest BCUT2D eigenvalue weighted by Crippen LogP contribution is 2.40. The molecule has 9 heteroatoms. The Kier molecular flexibility index (Phi) is 4.44. The number of hydrazine groups is 1. The molecule has 0 saturated heterocycles. The molecule has 102 valence electrons. The lowest BCUT2D eigenvalue weighted by molar-refractivity contribution is -0.261. The lowest BCUT2D eigenvalue weighted by Gasteiger charge is -2.26. The normalized spacial score (nSPS) is 15.4. The summed E-state index contributed by atoms with van der Waals surface area (Å²) in [7, 11) is 0. The lowest BCUT2D eigenvalue weighted by atomic mass is 10.1. The van der Waals surface area contributed by atoms with E-state index in [2.05, 4.69) is 4.99 Å². The van der Waals surface area contributed by atoms with Gasteiger partial charge in [0.1, 0.15) is 5.84 Å². The second-order valence-electron chi connectivity index (χ2n) is 4.33. The Morgan fingerprint density at radius 2 is 1.35 bits per heavy atom. The van der Waals surface area contributed by atoms with Crippen molar-refractivity contribution in [2.45, 2.75) is 38.7 Å². The number of nitrogens with two attached hydrogens (primary N) is 1. The van der Waals surface area contributed by atoms with Crippen LogP contribution in [0.2, 0.25) is 0 Å². The third-order valence-corrected chi connectivity index (χ3v) is 1.53. The van der Waals surface area contributed by atoms with Crippen LogP contribution in [0.4, 0.5) is 26.3 Å². The average Bonchev–Trinajstić information content (AvgIpc) is 1.94. The first-order valence-electron chi connectivity index (χ1n) is 4.49. The highest BCUT2D eigenvalue weighted by atomic mass is 19.4. The number of nitrogens with zero attached hydrogens (tertiary/aromatic N) is 1. The van der Waals surface area contributed by atoms with Gasteiger partial charge in [-0.2, -0.15) is 26.3 Å². The van der Waals surface area contributed by atoms with Crippen molar-refractivity contribution in [3.8, 4) is 0 Å². The Hall–Kier alpha value is -0.990. The van der Waals surface area contributed by atoms with Crippen molar-refractivity contribution in [2.24, 2.45) is 16.8 Å². The van der Waals surface area contributed by atoms with Crippen LogP contribution in [-0.2, 0) is 0 Å². The van der Waals surface area contributed by atoms with Crippen LogP contribution < -0.4 is 11.3 Å². The van der Waals surface area contributed by atoms with E-state index in [1.54, 1.807) is 0 Å². The summed E-state index contributed by atoms with van der Waals surface area (Å²) in [6.45, 7) is 4.07. The first kappa shape index (κ1) is 16.0. The maximum absolute atomic E-state index is 12.3. The first-order chi connectivity index (χ1) is 7.29. The van der Waals surface area contributed by atoms with Crippen molar-refractivity contribution in [3.63, 3.8) is 0 Å². The minimum Gasteiger partial charge on any atom is -0.311 e. The van der Waals surface area contributed by atoms with Crippen molar-refractivity contribution >= 4 is 5.84 Å². The Balaban J connectivity index is 5.53. The third-order valence-electron chi connectivity index (χ3n) is 1.53. The van der Waals surface area contributed by atoms with E-state index in [1.807, 2.05) is 0 Å². The maximum atomic E-state index is 12.3. The molecule has 0 fully saturated rings. The zero-order chi connectivity index (χ0) is 14.1. The van der Waals surface area contributed by atoms with Gasteiger partial charge in [0, 0.05) is 0 Å². The highest BCUT2D eigenvalue weighted by Gasteiger charge is 2.59. The number of hydrogen-bond donors (Lipinski definition) is 2. The largest absolute Gasteiger partial charge is 0.407 e. The number of aliphatic imine (C=N–C) groups is 1. The van der Waals surface area contributed by atoms with Crippen LogP contribution >= 0.6 is 0 Å². The summed E-state index contributed by atoms with van der Waals surface area (Å²) in [6, 6.07) is 0. The van der Waals surface area contributed by atoms with E-state index in [0.717, 1.165) is 0 Å². The van der Waals surface area contributed by atoms with E-state index in [4.69, 9.17) is 5.84 Å². The second kappa shape index (κ2) is 4.71. The fraction of sp³-hybridized carbons (Fsp3) is 0.875. The summed E-state index contributed by atoms with van der Waals surface area (Å²) in [5, 5.41) is 0. The summed E-state index contributed by atoms with van der Waals surface area (Å²) >= 11 is 0. The zero-order valence-corrected chi connectivity index (χ0v) is 9.37. The molecule has 0 aromatic heterocycles. The van der Waals surface area contributed by atoms with E-state index in [1.165, 1.54) is 26.2 Å². The molecule has 0 aliphatic carbocycles. The van der Waals surface area contributed by atoms with Gasteiger partial charge in [-0.1, -0.05) is 0 Å². The quantitative estimate of drug-likeness (QED) is 0.251. The van der Waals surface area contributed by atoms with Gasteiger partial charge >= 0.3 is 12.4 Å². The molecule has 0 aromatic carbocycles. The van der Waals surface area contributed by atoms with E-state index >= 15 is 0 Å². The molecule has 0 aliphatic heterocycles. The zero-order valence-electron chi connectivity index (χ0n) is 9.37. The summed E-state index contributed by atoms with van der Waals surface area (Å²) in [4.78, 5) is 3.30. The van der Waals surface area contributed by atoms with E-state index < -0.39 is 29.6 Å². The van der Waals surface area contributed by atoms with Crippen molar-refractivity contribution in [1.82, 2.24) is 5.43 Å². The van der Waals surface area contributed by atoms with Crippen LogP contribution in [0.25, 0.3) is 0 Å². The monoisotopic (exact) mass is 265 g/mol. The van der Waals surface area contributed by atoms with E-state index in [-0.39, 0.29) is 0 Å². The molecule has 0 spiro atoms. The summed E-state index contributed by atoms with van der Waals surface area (Å²) in [5.74, 6) is -0.365. The summed E-state index contributed by atoms with van der Waals surface area (Å²) in [5.41, 5.74) is 0.267. The Bertz CT molecular complexity index is 271. The molecule has 0 atom stereocenters. The molecule has 0 bridgehead atoms. The van der Waals surface area contributed by atoms with Crippen LogP contribution in [0, 0.1) is 5.92 Å². The van der Waals surface area contributed by atoms with Gasteiger partial charge in [0.2, 0.25) is 5.92 Å². The highest BCUT2D eigenvalue weighted by molar-refractivity contribution is 5.85. The van der Waals surface area contributed by atoms with Gasteiger partial charge in [-0.25, -0.2) is 5.84 Å². The predicted molar refractivity (Wildman–Crippen MR) is 50.1 cm³/mol. The molecule has 3 N–H and O–H groups in total. The first-order valence-corrected chi connectivity index (χ1v) is 4.49. The molecule has 0 aliphatic rings. The van der Waals surface area contributed by atoms with E-state index in [9.17, 15) is 26.3 Å². The molecule has 0 amide bonds.